The van der Waals surface area contributed by atoms with Crippen LogP contribution in [0.25, 0.3) is 0 Å². The van der Waals surface area contributed by atoms with Crippen LogP contribution in [-0.4, -0.2) is 16.9 Å². The largest absolute Gasteiger partial charge is 0.307 e. The number of hydrogen-bond acceptors (Lipinski definition) is 2. The lowest BCUT2D eigenvalue weighted by molar-refractivity contribution is 0.0957. The van der Waals surface area contributed by atoms with Gasteiger partial charge in [-0.25, -0.2) is 13.8 Å². The fourth-order valence-corrected chi connectivity index (χ4v) is 1.25. The second-order valence-electron chi connectivity index (χ2n) is 3.45. The molecule has 1 N–H and O–H groups in total. The zero-order chi connectivity index (χ0) is 13.7. The molecule has 1 rings (SSSR count). The van der Waals surface area contributed by atoms with Crippen LogP contribution < -0.4 is 5.32 Å². The van der Waals surface area contributed by atoms with Crippen LogP contribution in [0.15, 0.2) is 35.6 Å². The lowest BCUT2D eigenvalue weighted by atomic mass is 10.2. The SMILES string of the molecule is C=C(N=CC(C)Br)NC(=O)c1c(F)cccc1F. The fourth-order valence-electron chi connectivity index (χ4n) is 1.13. The van der Waals surface area contributed by atoms with Crippen LogP contribution in [0.3, 0.4) is 0 Å². The summed E-state index contributed by atoms with van der Waals surface area (Å²) in [5.41, 5.74) is -0.652. The second-order valence-corrected chi connectivity index (χ2v) is 4.90. The van der Waals surface area contributed by atoms with E-state index in [1.165, 1.54) is 12.3 Å². The van der Waals surface area contributed by atoms with Gasteiger partial charge in [-0.2, -0.15) is 0 Å². The van der Waals surface area contributed by atoms with E-state index in [1.54, 1.807) is 0 Å². The highest BCUT2D eigenvalue weighted by Gasteiger charge is 2.17. The number of nitrogens with one attached hydrogen (secondary N) is 1. The quantitative estimate of drug-likeness (QED) is 0.673. The van der Waals surface area contributed by atoms with Crippen LogP contribution in [0.1, 0.15) is 17.3 Å². The van der Waals surface area contributed by atoms with Crippen LogP contribution in [-0.2, 0) is 0 Å². The summed E-state index contributed by atoms with van der Waals surface area (Å²) >= 11 is 3.21. The molecule has 0 radical (unpaired) electrons. The smallest absolute Gasteiger partial charge is 0.262 e. The summed E-state index contributed by atoms with van der Waals surface area (Å²) in [5.74, 6) is -2.78. The summed E-state index contributed by atoms with van der Waals surface area (Å²) in [6, 6.07) is 3.19. The van der Waals surface area contributed by atoms with Gasteiger partial charge in [-0.05, 0) is 19.1 Å². The Morgan fingerprint density at radius 3 is 2.56 bits per heavy atom. The van der Waals surface area contributed by atoms with Crippen molar-refractivity contribution in [3.63, 3.8) is 0 Å². The normalized spacial score (nSPS) is 12.4. The number of hydrogen-bond donors (Lipinski definition) is 1. The maximum absolute atomic E-state index is 13.3. The number of amides is 1. The third-order valence-corrected chi connectivity index (χ3v) is 2.12. The number of aliphatic imine (C=N–C) groups is 1. The molecule has 0 saturated carbocycles. The van der Waals surface area contributed by atoms with Crippen LogP contribution >= 0.6 is 15.9 Å². The number of carbonyl (C=O) groups excluding carboxylic acids is 1. The summed E-state index contributed by atoms with van der Waals surface area (Å²) < 4.78 is 26.6. The summed E-state index contributed by atoms with van der Waals surface area (Å²) in [7, 11) is 0. The molecular weight excluding hydrogens is 306 g/mol. The maximum Gasteiger partial charge on any atom is 0.262 e. The zero-order valence-corrected chi connectivity index (χ0v) is 11.2. The molecule has 0 bridgehead atoms. The molecule has 3 nitrogen and oxygen atoms in total. The molecule has 1 amide bonds. The van der Waals surface area contributed by atoms with Gasteiger partial charge in [0, 0.05) is 11.0 Å². The fraction of sp³-hybridized carbons (Fsp3) is 0.167. The number of rotatable bonds is 4. The average Bonchev–Trinajstić information content (AvgIpc) is 2.26. The van der Waals surface area contributed by atoms with Crippen molar-refractivity contribution in [2.75, 3.05) is 0 Å². The van der Waals surface area contributed by atoms with E-state index in [-0.39, 0.29) is 10.6 Å². The van der Waals surface area contributed by atoms with E-state index in [0.717, 1.165) is 12.1 Å². The van der Waals surface area contributed by atoms with Gasteiger partial charge in [-0.1, -0.05) is 28.6 Å². The number of benzene rings is 1. The summed E-state index contributed by atoms with van der Waals surface area (Å²) in [4.78, 5) is 15.4. The summed E-state index contributed by atoms with van der Waals surface area (Å²) in [6.45, 7) is 5.27. The molecule has 0 saturated heterocycles. The maximum atomic E-state index is 13.3. The summed E-state index contributed by atoms with van der Waals surface area (Å²) in [5, 5.41) is 2.20. The molecule has 6 heteroatoms. The van der Waals surface area contributed by atoms with E-state index >= 15 is 0 Å². The predicted octanol–water partition coefficient (Wildman–Crippen LogP) is 3.02. The first-order valence-corrected chi connectivity index (χ1v) is 5.96. The standard InChI is InChI=1S/C12H11BrF2N2O/c1-7(13)6-16-8(2)17-12(18)11-9(14)4-3-5-10(11)15/h3-7H,2H2,1H3,(H,17,18). The number of halogens is 3. The highest BCUT2D eigenvalue weighted by atomic mass is 79.9. The van der Waals surface area contributed by atoms with Gasteiger partial charge in [0.25, 0.3) is 5.91 Å². The van der Waals surface area contributed by atoms with Crippen LogP contribution in [0.4, 0.5) is 8.78 Å². The lowest BCUT2D eigenvalue weighted by Gasteiger charge is -2.06. The minimum atomic E-state index is -0.932. The first-order chi connectivity index (χ1) is 8.41. The number of alkyl halides is 1. The lowest BCUT2D eigenvalue weighted by Crippen LogP contribution is -2.24. The highest BCUT2D eigenvalue weighted by molar-refractivity contribution is 9.09. The molecule has 0 aliphatic heterocycles. The van der Waals surface area contributed by atoms with Gasteiger partial charge < -0.3 is 5.32 Å². The third kappa shape index (κ3) is 4.03. The van der Waals surface area contributed by atoms with E-state index in [4.69, 9.17) is 0 Å². The van der Waals surface area contributed by atoms with Gasteiger partial charge in [0.2, 0.25) is 0 Å². The van der Waals surface area contributed by atoms with Gasteiger partial charge in [0.1, 0.15) is 23.0 Å². The Morgan fingerprint density at radius 1 is 1.50 bits per heavy atom. The molecule has 1 aromatic carbocycles. The topological polar surface area (TPSA) is 41.5 Å². The molecule has 0 heterocycles. The zero-order valence-electron chi connectivity index (χ0n) is 9.58. The highest BCUT2D eigenvalue weighted by Crippen LogP contribution is 2.12. The molecule has 0 aliphatic rings. The first-order valence-electron chi connectivity index (χ1n) is 5.04. The van der Waals surface area contributed by atoms with E-state index in [2.05, 4.69) is 32.8 Å². The Hall–Kier alpha value is -1.56. The molecule has 1 unspecified atom stereocenters. The number of nitrogens with zero attached hydrogens (tertiary/aromatic N) is 1. The van der Waals surface area contributed by atoms with Gasteiger partial charge >= 0.3 is 0 Å². The van der Waals surface area contributed by atoms with Crippen molar-refractivity contribution >= 4 is 28.1 Å². The molecular formula is C12H11BrF2N2O. The summed E-state index contributed by atoms with van der Waals surface area (Å²) in [6.07, 6.45) is 1.49. The van der Waals surface area contributed by atoms with Crippen molar-refractivity contribution in [1.29, 1.82) is 0 Å². The van der Waals surface area contributed by atoms with Gasteiger partial charge in [0.05, 0.1) is 0 Å². The van der Waals surface area contributed by atoms with Crippen molar-refractivity contribution < 1.29 is 13.6 Å². The molecule has 0 fully saturated rings. The van der Waals surface area contributed by atoms with Crippen LogP contribution in [0, 0.1) is 11.6 Å². The molecule has 0 aromatic heterocycles. The number of carbonyl (C=O) groups is 1. The van der Waals surface area contributed by atoms with Gasteiger partial charge in [-0.3, -0.25) is 4.79 Å². The van der Waals surface area contributed by atoms with Crippen LogP contribution in [0.5, 0.6) is 0 Å². The Morgan fingerprint density at radius 2 is 2.06 bits per heavy atom. The van der Waals surface area contributed by atoms with Crippen molar-refractivity contribution in [2.24, 2.45) is 4.99 Å². The molecule has 18 heavy (non-hydrogen) atoms. The van der Waals surface area contributed by atoms with E-state index in [1.807, 2.05) is 6.92 Å². The Balaban J connectivity index is 2.80. The molecule has 1 aromatic rings. The van der Waals surface area contributed by atoms with Gasteiger partial charge in [0.15, 0.2) is 0 Å². The van der Waals surface area contributed by atoms with Crippen molar-refractivity contribution in [3.05, 3.63) is 47.8 Å². The predicted molar refractivity (Wildman–Crippen MR) is 69.8 cm³/mol. The van der Waals surface area contributed by atoms with Crippen molar-refractivity contribution in [1.82, 2.24) is 5.32 Å². The Labute approximate surface area is 112 Å². The van der Waals surface area contributed by atoms with Crippen LogP contribution in [0.2, 0.25) is 0 Å². The van der Waals surface area contributed by atoms with E-state index in [9.17, 15) is 13.6 Å². The first kappa shape index (κ1) is 14.5. The van der Waals surface area contributed by atoms with E-state index in [0.29, 0.717) is 0 Å². The third-order valence-electron chi connectivity index (χ3n) is 1.88. The molecule has 96 valence electrons. The second kappa shape index (κ2) is 6.39. The minimum Gasteiger partial charge on any atom is -0.307 e. The van der Waals surface area contributed by atoms with Gasteiger partial charge in [-0.15, -0.1) is 0 Å². The molecule has 0 aliphatic carbocycles. The Bertz CT molecular complexity index is 481. The minimum absolute atomic E-state index is 0.00338. The monoisotopic (exact) mass is 316 g/mol. The molecule has 1 atom stereocenters. The Kier molecular flexibility index (Phi) is 5.15. The van der Waals surface area contributed by atoms with Crippen molar-refractivity contribution in [3.8, 4) is 0 Å². The molecule has 0 spiro atoms. The van der Waals surface area contributed by atoms with E-state index < -0.39 is 23.1 Å². The average molecular weight is 317 g/mol. The van der Waals surface area contributed by atoms with Crippen molar-refractivity contribution in [2.45, 2.75) is 11.8 Å².